The fourth-order valence-electron chi connectivity index (χ4n) is 2.20. The predicted octanol–water partition coefficient (Wildman–Crippen LogP) is 0.412. The van der Waals surface area contributed by atoms with Crippen molar-refractivity contribution in [2.24, 2.45) is 0 Å². The average Bonchev–Trinajstić information content (AvgIpc) is 2.77. The minimum Gasteiger partial charge on any atom is -0.341 e. The van der Waals surface area contributed by atoms with Crippen molar-refractivity contribution >= 4 is 15.7 Å². The molecule has 106 valence electrons. The Hall–Kier alpha value is -0.620. The van der Waals surface area contributed by atoms with Gasteiger partial charge in [-0.3, -0.25) is 4.79 Å². The van der Waals surface area contributed by atoms with Gasteiger partial charge in [-0.15, -0.1) is 0 Å². The number of hydrogen-bond donors (Lipinski definition) is 1. The van der Waals surface area contributed by atoms with Crippen LogP contribution >= 0.6 is 0 Å². The van der Waals surface area contributed by atoms with Crippen LogP contribution in [0.15, 0.2) is 0 Å². The Bertz CT molecular complexity index is 362. The van der Waals surface area contributed by atoms with Crippen molar-refractivity contribution < 1.29 is 13.2 Å². The summed E-state index contributed by atoms with van der Waals surface area (Å²) in [6, 6.07) is 0.374. The maximum absolute atomic E-state index is 12.0. The highest BCUT2D eigenvalue weighted by molar-refractivity contribution is 7.90. The molecule has 1 fully saturated rings. The smallest absolute Gasteiger partial charge is 0.223 e. The number of carbonyl (C=O) groups excluding carboxylic acids is 1. The fraction of sp³-hybridized carbons (Fsp3) is 0.917. The Morgan fingerprint density at radius 2 is 2.17 bits per heavy atom. The van der Waals surface area contributed by atoms with Crippen molar-refractivity contribution in [3.63, 3.8) is 0 Å². The lowest BCUT2D eigenvalue weighted by molar-refractivity contribution is -0.131. The largest absolute Gasteiger partial charge is 0.341 e. The van der Waals surface area contributed by atoms with Crippen molar-refractivity contribution in [1.29, 1.82) is 0 Å². The van der Waals surface area contributed by atoms with E-state index in [9.17, 15) is 13.2 Å². The molecular formula is C12H24N2O3S. The first-order chi connectivity index (χ1) is 8.42. The number of nitrogens with one attached hydrogen (secondary N) is 1. The van der Waals surface area contributed by atoms with Crippen LogP contribution in [0.1, 0.15) is 32.6 Å². The van der Waals surface area contributed by atoms with Crippen molar-refractivity contribution in [3.05, 3.63) is 0 Å². The van der Waals surface area contributed by atoms with Gasteiger partial charge >= 0.3 is 0 Å². The van der Waals surface area contributed by atoms with Gasteiger partial charge in [0.25, 0.3) is 0 Å². The van der Waals surface area contributed by atoms with E-state index in [1.807, 2.05) is 6.92 Å². The first-order valence-corrected chi connectivity index (χ1v) is 8.67. The monoisotopic (exact) mass is 276 g/mol. The van der Waals surface area contributed by atoms with Crippen LogP contribution in [0.2, 0.25) is 0 Å². The number of hydrogen-bond acceptors (Lipinski definition) is 4. The van der Waals surface area contributed by atoms with Crippen LogP contribution < -0.4 is 5.32 Å². The van der Waals surface area contributed by atoms with Crippen molar-refractivity contribution in [3.8, 4) is 0 Å². The van der Waals surface area contributed by atoms with E-state index >= 15 is 0 Å². The fourth-order valence-corrected chi connectivity index (χ4v) is 2.74. The highest BCUT2D eigenvalue weighted by Gasteiger charge is 2.21. The highest BCUT2D eigenvalue weighted by atomic mass is 32.2. The summed E-state index contributed by atoms with van der Waals surface area (Å²) in [5, 5.41) is 3.36. The molecule has 1 amide bonds. The molecule has 0 radical (unpaired) electrons. The molecule has 1 unspecified atom stereocenters. The Labute approximate surface area is 110 Å². The molecule has 0 aromatic heterocycles. The van der Waals surface area contributed by atoms with Crippen LogP contribution in [-0.2, 0) is 14.6 Å². The molecular weight excluding hydrogens is 252 g/mol. The van der Waals surface area contributed by atoms with Gasteiger partial charge in [0, 0.05) is 31.8 Å². The molecule has 6 heteroatoms. The summed E-state index contributed by atoms with van der Waals surface area (Å²) < 4.78 is 22.2. The minimum atomic E-state index is -3.06. The van der Waals surface area contributed by atoms with Crippen molar-refractivity contribution in [1.82, 2.24) is 10.2 Å². The lowest BCUT2D eigenvalue weighted by Crippen LogP contribution is -2.42. The molecule has 1 rings (SSSR count). The summed E-state index contributed by atoms with van der Waals surface area (Å²) in [4.78, 5) is 13.8. The van der Waals surface area contributed by atoms with Crippen molar-refractivity contribution in [2.45, 2.75) is 38.6 Å². The standard InChI is InChI=1S/C12H24N2O3S/c1-3-8-14(10-11-5-4-7-13-11)12(15)6-9-18(2,16)17/h11,13H,3-10H2,1-2H3. The second-order valence-electron chi connectivity index (χ2n) is 5.01. The molecule has 1 atom stereocenters. The van der Waals surface area contributed by atoms with E-state index in [2.05, 4.69) is 5.32 Å². The Kier molecular flexibility index (Phi) is 6.08. The van der Waals surface area contributed by atoms with E-state index in [0.717, 1.165) is 25.8 Å². The maximum Gasteiger partial charge on any atom is 0.223 e. The SMILES string of the molecule is CCCN(CC1CCCN1)C(=O)CCS(C)(=O)=O. The normalized spacial score (nSPS) is 20.0. The van der Waals surface area contributed by atoms with Crippen LogP contribution in [-0.4, -0.2) is 56.9 Å². The van der Waals surface area contributed by atoms with E-state index in [0.29, 0.717) is 19.1 Å². The highest BCUT2D eigenvalue weighted by Crippen LogP contribution is 2.09. The summed E-state index contributed by atoms with van der Waals surface area (Å²) >= 11 is 0. The summed E-state index contributed by atoms with van der Waals surface area (Å²) in [5.74, 6) is -0.0968. The van der Waals surface area contributed by atoms with Crippen molar-refractivity contribution in [2.75, 3.05) is 31.6 Å². The molecule has 18 heavy (non-hydrogen) atoms. The van der Waals surface area contributed by atoms with Crippen LogP contribution in [0.25, 0.3) is 0 Å². The third-order valence-corrected chi connectivity index (χ3v) is 4.08. The Morgan fingerprint density at radius 3 is 2.67 bits per heavy atom. The van der Waals surface area contributed by atoms with Crippen LogP contribution in [0.5, 0.6) is 0 Å². The third-order valence-electron chi connectivity index (χ3n) is 3.14. The van der Waals surface area contributed by atoms with Crippen LogP contribution in [0.4, 0.5) is 0 Å². The molecule has 1 aliphatic rings. The molecule has 1 aliphatic heterocycles. The summed E-state index contributed by atoms with van der Waals surface area (Å²) in [6.07, 6.45) is 4.42. The number of nitrogens with zero attached hydrogens (tertiary/aromatic N) is 1. The zero-order valence-electron chi connectivity index (χ0n) is 11.3. The number of amides is 1. The van der Waals surface area contributed by atoms with E-state index in [-0.39, 0.29) is 18.1 Å². The van der Waals surface area contributed by atoms with Gasteiger partial charge in [0.2, 0.25) is 5.91 Å². The topological polar surface area (TPSA) is 66.5 Å². The van der Waals surface area contributed by atoms with E-state index in [1.54, 1.807) is 4.90 Å². The number of sulfone groups is 1. The lowest BCUT2D eigenvalue weighted by atomic mass is 10.2. The van der Waals surface area contributed by atoms with Gasteiger partial charge in [0.15, 0.2) is 0 Å². The van der Waals surface area contributed by atoms with Gasteiger partial charge < -0.3 is 10.2 Å². The van der Waals surface area contributed by atoms with Gasteiger partial charge in [-0.1, -0.05) is 6.92 Å². The Balaban J connectivity index is 2.46. The number of carbonyl (C=O) groups is 1. The first kappa shape index (κ1) is 15.4. The third kappa shape index (κ3) is 5.82. The second kappa shape index (κ2) is 7.09. The molecule has 0 aromatic rings. The minimum absolute atomic E-state index is 0.0454. The first-order valence-electron chi connectivity index (χ1n) is 6.61. The molecule has 1 saturated heterocycles. The average molecular weight is 276 g/mol. The van der Waals surface area contributed by atoms with E-state index in [1.165, 1.54) is 6.26 Å². The summed E-state index contributed by atoms with van der Waals surface area (Å²) in [7, 11) is -3.06. The Morgan fingerprint density at radius 1 is 1.44 bits per heavy atom. The summed E-state index contributed by atoms with van der Waals surface area (Å²) in [6.45, 7) is 4.46. The molecule has 5 nitrogen and oxygen atoms in total. The molecule has 0 saturated carbocycles. The maximum atomic E-state index is 12.0. The van der Waals surface area contributed by atoms with Gasteiger partial charge in [-0.05, 0) is 25.8 Å². The molecule has 1 N–H and O–H groups in total. The van der Waals surface area contributed by atoms with E-state index in [4.69, 9.17) is 0 Å². The zero-order valence-corrected chi connectivity index (χ0v) is 12.1. The number of rotatable bonds is 7. The molecule has 0 bridgehead atoms. The van der Waals surface area contributed by atoms with Crippen LogP contribution in [0, 0.1) is 0 Å². The predicted molar refractivity (Wildman–Crippen MR) is 72.2 cm³/mol. The molecule has 1 heterocycles. The second-order valence-corrected chi connectivity index (χ2v) is 7.27. The van der Waals surface area contributed by atoms with E-state index < -0.39 is 9.84 Å². The molecule has 0 aromatic carbocycles. The van der Waals surface area contributed by atoms with Gasteiger partial charge in [-0.2, -0.15) is 0 Å². The lowest BCUT2D eigenvalue weighted by Gasteiger charge is -2.25. The van der Waals surface area contributed by atoms with Gasteiger partial charge in [0.05, 0.1) is 5.75 Å². The molecule has 0 spiro atoms. The van der Waals surface area contributed by atoms with Gasteiger partial charge in [0.1, 0.15) is 9.84 Å². The quantitative estimate of drug-likeness (QED) is 0.731. The van der Waals surface area contributed by atoms with Gasteiger partial charge in [-0.25, -0.2) is 8.42 Å². The molecule has 0 aliphatic carbocycles. The zero-order chi connectivity index (χ0) is 13.6. The van der Waals surface area contributed by atoms with Crippen LogP contribution in [0.3, 0.4) is 0 Å². The summed E-state index contributed by atoms with van der Waals surface area (Å²) in [5.41, 5.74) is 0.